The van der Waals surface area contributed by atoms with Crippen molar-refractivity contribution in [1.29, 1.82) is 0 Å². The van der Waals surface area contributed by atoms with Crippen LogP contribution in [-0.4, -0.2) is 28.9 Å². The average molecular weight is 301 g/mol. The van der Waals surface area contributed by atoms with Crippen LogP contribution in [0.2, 0.25) is 0 Å². The Kier molecular flexibility index (Phi) is 3.78. The normalized spacial score (nSPS) is 12.8. The number of amides is 1. The zero-order valence-electron chi connectivity index (χ0n) is 12.0. The van der Waals surface area contributed by atoms with Crippen LogP contribution in [0.3, 0.4) is 0 Å². The molecule has 2 aromatic rings. The Bertz CT molecular complexity index is 770. The van der Waals surface area contributed by atoms with Crippen LogP contribution in [0.5, 0.6) is 11.5 Å². The molecule has 1 aliphatic rings. The molecule has 7 nitrogen and oxygen atoms in total. The quantitative estimate of drug-likeness (QED) is 0.891. The number of aromatic nitrogens is 2. The molecule has 0 radical (unpaired) electrons. The molecule has 1 aromatic heterocycles. The summed E-state index contributed by atoms with van der Waals surface area (Å²) in [5.41, 5.74) is 0.824. The van der Waals surface area contributed by atoms with Gasteiger partial charge in [0.25, 0.3) is 11.5 Å². The minimum absolute atomic E-state index is 0.194. The first kappa shape index (κ1) is 14.1. The molecule has 1 aliphatic heterocycles. The molecule has 114 valence electrons. The fourth-order valence-electron chi connectivity index (χ4n) is 2.09. The molecular formula is C15H15N3O4. The largest absolute Gasteiger partial charge is 0.486 e. The molecule has 3 rings (SSSR count). The predicted octanol–water partition coefficient (Wildman–Crippen LogP) is 0.481. The molecular weight excluding hydrogens is 286 g/mol. The van der Waals surface area contributed by atoms with Crippen molar-refractivity contribution >= 4 is 5.91 Å². The molecule has 1 N–H and O–H groups in total. The summed E-state index contributed by atoms with van der Waals surface area (Å²) in [6.45, 7) is 1.40. The van der Waals surface area contributed by atoms with E-state index in [-0.39, 0.29) is 17.2 Å². The molecule has 0 spiro atoms. The van der Waals surface area contributed by atoms with Gasteiger partial charge in [-0.2, -0.15) is 5.10 Å². The summed E-state index contributed by atoms with van der Waals surface area (Å²) >= 11 is 0. The zero-order valence-corrected chi connectivity index (χ0v) is 12.0. The molecule has 7 heteroatoms. The highest BCUT2D eigenvalue weighted by Crippen LogP contribution is 2.30. The van der Waals surface area contributed by atoms with E-state index in [0.717, 1.165) is 10.2 Å². The number of rotatable bonds is 3. The lowest BCUT2D eigenvalue weighted by Gasteiger charge is -2.18. The van der Waals surface area contributed by atoms with Gasteiger partial charge in [-0.05, 0) is 23.8 Å². The Labute approximate surface area is 126 Å². The van der Waals surface area contributed by atoms with Gasteiger partial charge in [0.05, 0.1) is 0 Å². The van der Waals surface area contributed by atoms with Crippen LogP contribution in [0, 0.1) is 0 Å². The molecule has 0 saturated carbocycles. The first-order chi connectivity index (χ1) is 10.6. The van der Waals surface area contributed by atoms with Crippen LogP contribution in [0.25, 0.3) is 0 Å². The van der Waals surface area contributed by atoms with Gasteiger partial charge in [0, 0.05) is 19.7 Å². The standard InChI is InChI=1S/C15H15N3O4/c1-18-14(19)5-3-11(17-18)15(20)16-9-10-2-4-12-13(8-10)22-7-6-21-12/h2-5,8H,6-7,9H2,1H3,(H,16,20). The molecule has 22 heavy (non-hydrogen) atoms. The van der Waals surface area contributed by atoms with Crippen molar-refractivity contribution in [3.05, 3.63) is 51.9 Å². The van der Waals surface area contributed by atoms with Crippen LogP contribution in [0.1, 0.15) is 16.1 Å². The second-order valence-electron chi connectivity index (χ2n) is 4.84. The van der Waals surface area contributed by atoms with Crippen molar-refractivity contribution < 1.29 is 14.3 Å². The number of nitrogens with zero attached hydrogens (tertiary/aromatic N) is 2. The number of benzene rings is 1. The van der Waals surface area contributed by atoms with E-state index in [1.807, 2.05) is 18.2 Å². The van der Waals surface area contributed by atoms with Crippen molar-refractivity contribution in [3.63, 3.8) is 0 Å². The topological polar surface area (TPSA) is 82.5 Å². The molecule has 0 aliphatic carbocycles. The summed E-state index contributed by atoms with van der Waals surface area (Å²) in [5.74, 6) is 1.05. The molecule has 0 unspecified atom stereocenters. The highest BCUT2D eigenvalue weighted by molar-refractivity contribution is 5.91. The lowest BCUT2D eigenvalue weighted by atomic mass is 10.2. The van der Waals surface area contributed by atoms with Gasteiger partial charge >= 0.3 is 0 Å². The van der Waals surface area contributed by atoms with Crippen LogP contribution >= 0.6 is 0 Å². The highest BCUT2D eigenvalue weighted by Gasteiger charge is 2.13. The lowest BCUT2D eigenvalue weighted by molar-refractivity contribution is 0.0943. The maximum Gasteiger partial charge on any atom is 0.271 e. The van der Waals surface area contributed by atoms with Crippen molar-refractivity contribution in [2.24, 2.45) is 7.05 Å². The monoisotopic (exact) mass is 301 g/mol. The van der Waals surface area contributed by atoms with E-state index in [0.29, 0.717) is 31.3 Å². The van der Waals surface area contributed by atoms with E-state index in [2.05, 4.69) is 10.4 Å². The SMILES string of the molecule is Cn1nc(C(=O)NCc2ccc3c(c2)OCCO3)ccc1=O. The van der Waals surface area contributed by atoms with Gasteiger partial charge < -0.3 is 14.8 Å². The Morgan fingerprint density at radius 2 is 2.00 bits per heavy atom. The fraction of sp³-hybridized carbons (Fsp3) is 0.267. The van der Waals surface area contributed by atoms with Gasteiger partial charge in [0.15, 0.2) is 11.5 Å². The molecule has 0 saturated heterocycles. The Morgan fingerprint density at radius 1 is 1.23 bits per heavy atom. The first-order valence-electron chi connectivity index (χ1n) is 6.84. The Balaban J connectivity index is 1.68. The number of carbonyl (C=O) groups is 1. The third kappa shape index (κ3) is 2.93. The third-order valence-electron chi connectivity index (χ3n) is 3.25. The molecule has 2 heterocycles. The van der Waals surface area contributed by atoms with Gasteiger partial charge in [0.2, 0.25) is 0 Å². The molecule has 0 atom stereocenters. The van der Waals surface area contributed by atoms with Crippen LogP contribution in [0.15, 0.2) is 35.1 Å². The number of fused-ring (bicyclic) bond motifs is 1. The highest BCUT2D eigenvalue weighted by atomic mass is 16.6. The maximum atomic E-state index is 12.0. The lowest BCUT2D eigenvalue weighted by Crippen LogP contribution is -2.28. The van der Waals surface area contributed by atoms with Crippen LogP contribution in [-0.2, 0) is 13.6 Å². The second-order valence-corrected chi connectivity index (χ2v) is 4.84. The van der Waals surface area contributed by atoms with Crippen LogP contribution in [0.4, 0.5) is 0 Å². The van der Waals surface area contributed by atoms with Gasteiger partial charge in [-0.3, -0.25) is 9.59 Å². The summed E-state index contributed by atoms with van der Waals surface area (Å²) in [7, 11) is 1.50. The maximum absolute atomic E-state index is 12.0. The van der Waals surface area contributed by atoms with E-state index in [1.165, 1.54) is 19.2 Å². The predicted molar refractivity (Wildman–Crippen MR) is 78.1 cm³/mol. The smallest absolute Gasteiger partial charge is 0.271 e. The van der Waals surface area contributed by atoms with E-state index < -0.39 is 0 Å². The number of ether oxygens (including phenoxy) is 2. The van der Waals surface area contributed by atoms with Gasteiger partial charge in [0.1, 0.15) is 18.9 Å². The summed E-state index contributed by atoms with van der Waals surface area (Å²) in [4.78, 5) is 23.3. The van der Waals surface area contributed by atoms with Crippen molar-refractivity contribution in [3.8, 4) is 11.5 Å². The number of hydrogen-bond donors (Lipinski definition) is 1. The fourth-order valence-corrected chi connectivity index (χ4v) is 2.09. The molecule has 1 amide bonds. The molecule has 1 aromatic carbocycles. The summed E-state index contributed by atoms with van der Waals surface area (Å²) in [6, 6.07) is 8.23. The van der Waals surface area contributed by atoms with Gasteiger partial charge in [-0.15, -0.1) is 0 Å². The van der Waals surface area contributed by atoms with E-state index >= 15 is 0 Å². The third-order valence-corrected chi connectivity index (χ3v) is 3.25. The molecule has 0 bridgehead atoms. The van der Waals surface area contributed by atoms with Crippen molar-refractivity contribution in [2.45, 2.75) is 6.54 Å². The number of carbonyl (C=O) groups excluding carboxylic acids is 1. The summed E-state index contributed by atoms with van der Waals surface area (Å²) < 4.78 is 12.1. The average Bonchev–Trinajstić information content (AvgIpc) is 2.55. The van der Waals surface area contributed by atoms with Gasteiger partial charge in [-0.25, -0.2) is 4.68 Å². The summed E-state index contributed by atoms with van der Waals surface area (Å²) in [5, 5.41) is 6.66. The Hall–Kier alpha value is -2.83. The molecule has 0 fully saturated rings. The van der Waals surface area contributed by atoms with Crippen molar-refractivity contribution in [1.82, 2.24) is 15.1 Å². The minimum Gasteiger partial charge on any atom is -0.486 e. The van der Waals surface area contributed by atoms with E-state index in [1.54, 1.807) is 0 Å². The van der Waals surface area contributed by atoms with E-state index in [9.17, 15) is 9.59 Å². The van der Waals surface area contributed by atoms with E-state index in [4.69, 9.17) is 9.47 Å². The van der Waals surface area contributed by atoms with Crippen LogP contribution < -0.4 is 20.3 Å². The summed E-state index contributed by atoms with van der Waals surface area (Å²) in [6.07, 6.45) is 0. The number of aryl methyl sites for hydroxylation is 1. The second kappa shape index (κ2) is 5.88. The minimum atomic E-state index is -0.342. The number of hydrogen-bond acceptors (Lipinski definition) is 5. The zero-order chi connectivity index (χ0) is 15.5. The first-order valence-corrected chi connectivity index (χ1v) is 6.84. The van der Waals surface area contributed by atoms with Crippen molar-refractivity contribution in [2.75, 3.05) is 13.2 Å². The van der Waals surface area contributed by atoms with Gasteiger partial charge in [-0.1, -0.05) is 6.07 Å². The Morgan fingerprint density at radius 3 is 2.77 bits per heavy atom. The number of nitrogens with one attached hydrogen (secondary N) is 1.